The number of nitrogens with one attached hydrogen (secondary N) is 1. The Morgan fingerprint density at radius 2 is 2.17 bits per heavy atom. The Morgan fingerprint density at radius 1 is 1.39 bits per heavy atom. The van der Waals surface area contributed by atoms with Gasteiger partial charge >= 0.3 is 0 Å². The fraction of sp³-hybridized carbons (Fsp3) is 0.643. The maximum absolute atomic E-state index is 11.6. The van der Waals surface area contributed by atoms with Crippen molar-refractivity contribution in [1.82, 2.24) is 5.32 Å². The zero-order valence-electron chi connectivity index (χ0n) is 11.2. The van der Waals surface area contributed by atoms with Gasteiger partial charge in [-0.05, 0) is 38.4 Å². The SMILES string of the molecule is CC(Cc1ccco1)NC(=O)CCCCCCN. The lowest BCUT2D eigenvalue weighted by Gasteiger charge is -2.12. The lowest BCUT2D eigenvalue weighted by molar-refractivity contribution is -0.121. The minimum Gasteiger partial charge on any atom is -0.469 e. The zero-order chi connectivity index (χ0) is 13.2. The van der Waals surface area contributed by atoms with Crippen LogP contribution in [0.4, 0.5) is 0 Å². The van der Waals surface area contributed by atoms with E-state index in [1.807, 2.05) is 19.1 Å². The molecule has 1 atom stereocenters. The van der Waals surface area contributed by atoms with Gasteiger partial charge in [-0.1, -0.05) is 12.8 Å². The quantitative estimate of drug-likeness (QED) is 0.662. The molecular formula is C14H24N2O2. The predicted octanol–water partition coefficient (Wildman–Crippen LogP) is 2.24. The second-order valence-corrected chi connectivity index (χ2v) is 4.70. The van der Waals surface area contributed by atoms with E-state index in [2.05, 4.69) is 5.32 Å². The van der Waals surface area contributed by atoms with Crippen LogP contribution in [0.5, 0.6) is 0 Å². The van der Waals surface area contributed by atoms with Crippen molar-refractivity contribution >= 4 is 5.91 Å². The van der Waals surface area contributed by atoms with Gasteiger partial charge in [0.25, 0.3) is 0 Å². The van der Waals surface area contributed by atoms with E-state index in [4.69, 9.17) is 10.2 Å². The zero-order valence-corrected chi connectivity index (χ0v) is 11.2. The minimum atomic E-state index is 0.118. The van der Waals surface area contributed by atoms with Crippen molar-refractivity contribution in [3.8, 4) is 0 Å². The Labute approximate surface area is 109 Å². The summed E-state index contributed by atoms with van der Waals surface area (Å²) < 4.78 is 5.25. The van der Waals surface area contributed by atoms with Crippen LogP contribution in [0.15, 0.2) is 22.8 Å². The van der Waals surface area contributed by atoms with E-state index in [0.29, 0.717) is 6.42 Å². The number of furan rings is 1. The van der Waals surface area contributed by atoms with E-state index in [-0.39, 0.29) is 11.9 Å². The second-order valence-electron chi connectivity index (χ2n) is 4.70. The summed E-state index contributed by atoms with van der Waals surface area (Å²) >= 11 is 0. The molecule has 0 saturated heterocycles. The molecule has 4 heteroatoms. The number of rotatable bonds is 9. The van der Waals surface area contributed by atoms with E-state index >= 15 is 0 Å². The summed E-state index contributed by atoms with van der Waals surface area (Å²) in [6, 6.07) is 3.91. The van der Waals surface area contributed by atoms with Crippen LogP contribution in [0.2, 0.25) is 0 Å². The predicted molar refractivity (Wildman–Crippen MR) is 72.2 cm³/mol. The topological polar surface area (TPSA) is 68.3 Å². The Hall–Kier alpha value is -1.29. The summed E-state index contributed by atoms with van der Waals surface area (Å²) in [6.45, 7) is 2.74. The van der Waals surface area contributed by atoms with Crippen LogP contribution in [-0.4, -0.2) is 18.5 Å². The van der Waals surface area contributed by atoms with E-state index < -0.39 is 0 Å². The lowest BCUT2D eigenvalue weighted by Crippen LogP contribution is -2.33. The van der Waals surface area contributed by atoms with Crippen molar-refractivity contribution in [3.05, 3.63) is 24.2 Å². The molecule has 0 aromatic carbocycles. The van der Waals surface area contributed by atoms with Gasteiger partial charge in [-0.3, -0.25) is 4.79 Å². The molecule has 0 radical (unpaired) electrons. The maximum Gasteiger partial charge on any atom is 0.220 e. The third kappa shape index (κ3) is 6.45. The lowest BCUT2D eigenvalue weighted by atomic mass is 10.1. The van der Waals surface area contributed by atoms with Crippen molar-refractivity contribution in [3.63, 3.8) is 0 Å². The normalized spacial score (nSPS) is 12.3. The van der Waals surface area contributed by atoms with Crippen LogP contribution < -0.4 is 11.1 Å². The van der Waals surface area contributed by atoms with Gasteiger partial charge in [0, 0.05) is 18.9 Å². The van der Waals surface area contributed by atoms with Gasteiger partial charge in [-0.25, -0.2) is 0 Å². The smallest absolute Gasteiger partial charge is 0.220 e. The van der Waals surface area contributed by atoms with Crippen molar-refractivity contribution < 1.29 is 9.21 Å². The van der Waals surface area contributed by atoms with Gasteiger partial charge in [0.2, 0.25) is 5.91 Å². The molecule has 1 rings (SSSR count). The third-order valence-electron chi connectivity index (χ3n) is 2.85. The van der Waals surface area contributed by atoms with Crippen molar-refractivity contribution in [1.29, 1.82) is 0 Å². The summed E-state index contributed by atoms with van der Waals surface area (Å²) in [6.07, 6.45) is 7.19. The highest BCUT2D eigenvalue weighted by Gasteiger charge is 2.09. The number of amides is 1. The molecule has 0 spiro atoms. The fourth-order valence-electron chi connectivity index (χ4n) is 1.91. The maximum atomic E-state index is 11.6. The molecule has 1 aromatic rings. The number of nitrogens with two attached hydrogens (primary N) is 1. The van der Waals surface area contributed by atoms with Gasteiger partial charge in [0.1, 0.15) is 5.76 Å². The first kappa shape index (κ1) is 14.8. The van der Waals surface area contributed by atoms with Crippen LogP contribution in [0, 0.1) is 0 Å². The van der Waals surface area contributed by atoms with Crippen molar-refractivity contribution in [2.45, 2.75) is 51.5 Å². The number of unbranched alkanes of at least 4 members (excludes halogenated alkanes) is 3. The average molecular weight is 252 g/mol. The van der Waals surface area contributed by atoms with Crippen LogP contribution in [-0.2, 0) is 11.2 Å². The van der Waals surface area contributed by atoms with E-state index in [1.54, 1.807) is 6.26 Å². The molecule has 0 aliphatic rings. The molecule has 1 unspecified atom stereocenters. The van der Waals surface area contributed by atoms with Gasteiger partial charge in [-0.15, -0.1) is 0 Å². The highest BCUT2D eigenvalue weighted by Crippen LogP contribution is 2.05. The van der Waals surface area contributed by atoms with Crippen molar-refractivity contribution in [2.24, 2.45) is 5.73 Å². The summed E-state index contributed by atoms with van der Waals surface area (Å²) in [5, 5.41) is 2.99. The fourth-order valence-corrected chi connectivity index (χ4v) is 1.91. The monoisotopic (exact) mass is 252 g/mol. The van der Waals surface area contributed by atoms with Gasteiger partial charge in [0.15, 0.2) is 0 Å². The summed E-state index contributed by atoms with van der Waals surface area (Å²) in [4.78, 5) is 11.6. The molecule has 1 heterocycles. The molecule has 18 heavy (non-hydrogen) atoms. The van der Waals surface area contributed by atoms with E-state index in [0.717, 1.165) is 44.4 Å². The summed E-state index contributed by atoms with van der Waals surface area (Å²) in [7, 11) is 0. The first-order chi connectivity index (χ1) is 8.72. The highest BCUT2D eigenvalue weighted by molar-refractivity contribution is 5.76. The molecular weight excluding hydrogens is 228 g/mol. The Kier molecular flexibility index (Phi) is 7.18. The van der Waals surface area contributed by atoms with Crippen molar-refractivity contribution in [2.75, 3.05) is 6.54 Å². The third-order valence-corrected chi connectivity index (χ3v) is 2.85. The minimum absolute atomic E-state index is 0.118. The summed E-state index contributed by atoms with van der Waals surface area (Å²) in [5.74, 6) is 1.03. The van der Waals surface area contributed by atoms with Crippen LogP contribution in [0.1, 0.15) is 44.8 Å². The molecule has 0 bridgehead atoms. The molecule has 0 fully saturated rings. The van der Waals surface area contributed by atoms with Gasteiger partial charge < -0.3 is 15.5 Å². The Balaban J connectivity index is 2.08. The molecule has 1 amide bonds. The molecule has 0 saturated carbocycles. The first-order valence-electron chi connectivity index (χ1n) is 6.74. The first-order valence-corrected chi connectivity index (χ1v) is 6.74. The highest BCUT2D eigenvalue weighted by atomic mass is 16.3. The molecule has 102 valence electrons. The second kappa shape index (κ2) is 8.75. The van der Waals surface area contributed by atoms with Crippen LogP contribution in [0.3, 0.4) is 0 Å². The van der Waals surface area contributed by atoms with E-state index in [9.17, 15) is 4.79 Å². The van der Waals surface area contributed by atoms with Crippen LogP contribution >= 0.6 is 0 Å². The van der Waals surface area contributed by atoms with E-state index in [1.165, 1.54) is 0 Å². The number of hydrogen-bond acceptors (Lipinski definition) is 3. The Morgan fingerprint density at radius 3 is 2.83 bits per heavy atom. The summed E-state index contributed by atoms with van der Waals surface area (Å²) in [5.41, 5.74) is 5.41. The number of hydrogen-bond donors (Lipinski definition) is 2. The molecule has 0 aliphatic heterocycles. The molecule has 3 N–H and O–H groups in total. The Bertz CT molecular complexity index is 323. The standard InChI is InChI=1S/C14H24N2O2/c1-12(11-13-7-6-10-18-13)16-14(17)8-4-2-3-5-9-15/h6-7,10,12H,2-5,8-9,11,15H2,1H3,(H,16,17). The molecule has 4 nitrogen and oxygen atoms in total. The largest absolute Gasteiger partial charge is 0.469 e. The average Bonchev–Trinajstić information content (AvgIpc) is 2.81. The number of carbonyl (C=O) groups excluding carboxylic acids is 1. The van der Waals surface area contributed by atoms with Crippen LogP contribution in [0.25, 0.3) is 0 Å². The number of carbonyl (C=O) groups is 1. The van der Waals surface area contributed by atoms with Gasteiger partial charge in [-0.2, -0.15) is 0 Å². The molecule has 1 aromatic heterocycles. The van der Waals surface area contributed by atoms with Gasteiger partial charge in [0.05, 0.1) is 6.26 Å². The molecule has 0 aliphatic carbocycles.